The van der Waals surface area contributed by atoms with Gasteiger partial charge in [-0.3, -0.25) is 14.9 Å². The Labute approximate surface area is 149 Å². The smallest absolute Gasteiger partial charge is 0.314 e. The lowest BCUT2D eigenvalue weighted by Crippen LogP contribution is -2.42. The first-order chi connectivity index (χ1) is 12.7. The van der Waals surface area contributed by atoms with E-state index in [4.69, 9.17) is 5.26 Å². The van der Waals surface area contributed by atoms with Crippen molar-refractivity contribution in [3.05, 3.63) is 30.4 Å². The molecular formula is C16H17N7O3. The summed E-state index contributed by atoms with van der Waals surface area (Å²) in [6, 6.07) is 3.49. The van der Waals surface area contributed by atoms with Crippen LogP contribution in [0.15, 0.2) is 29.2 Å². The number of anilines is 2. The topological polar surface area (TPSA) is 137 Å². The molecule has 0 aromatic carbocycles. The summed E-state index contributed by atoms with van der Waals surface area (Å²) >= 11 is 0. The third kappa shape index (κ3) is 4.13. The van der Waals surface area contributed by atoms with Gasteiger partial charge in [0.1, 0.15) is 12.3 Å². The van der Waals surface area contributed by atoms with E-state index in [-0.39, 0.29) is 11.7 Å². The summed E-state index contributed by atoms with van der Waals surface area (Å²) in [7, 11) is 0. The molecule has 1 aliphatic heterocycles. The molecule has 0 unspecified atom stereocenters. The second-order valence-corrected chi connectivity index (χ2v) is 5.82. The molecule has 1 saturated heterocycles. The van der Waals surface area contributed by atoms with E-state index in [9.17, 15) is 9.59 Å². The Morgan fingerprint density at radius 3 is 2.73 bits per heavy atom. The van der Waals surface area contributed by atoms with Crippen LogP contribution < -0.4 is 15.5 Å². The first-order valence-corrected chi connectivity index (χ1v) is 8.13. The predicted molar refractivity (Wildman–Crippen MR) is 89.8 cm³/mol. The van der Waals surface area contributed by atoms with Crippen molar-refractivity contribution in [2.45, 2.75) is 12.8 Å². The van der Waals surface area contributed by atoms with Gasteiger partial charge in [0.2, 0.25) is 0 Å². The maximum atomic E-state index is 11.8. The van der Waals surface area contributed by atoms with Crippen LogP contribution in [0.5, 0.6) is 0 Å². The number of nitrogens with one attached hydrogen (secondary N) is 2. The highest BCUT2D eigenvalue weighted by Gasteiger charge is 2.24. The standard InChI is InChI=1S/C16H17N7O3/c17-9-12-14(19-5-4-18-12)23-6-1-11(2-7-23)10-20-15(24)16(25)21-13-3-8-26-22-13/h3-5,8,11H,1-2,6-7,10H2,(H,20,24)(H,21,22,25). The number of aromatic nitrogens is 3. The molecule has 1 fully saturated rings. The van der Waals surface area contributed by atoms with E-state index in [2.05, 4.69) is 30.3 Å². The van der Waals surface area contributed by atoms with Crippen LogP contribution >= 0.6 is 0 Å². The van der Waals surface area contributed by atoms with Gasteiger partial charge in [0.05, 0.1) is 0 Å². The summed E-state index contributed by atoms with van der Waals surface area (Å²) < 4.78 is 4.58. The molecule has 0 atom stereocenters. The number of nitriles is 1. The highest BCUT2D eigenvalue weighted by atomic mass is 16.5. The van der Waals surface area contributed by atoms with E-state index in [1.165, 1.54) is 18.5 Å². The van der Waals surface area contributed by atoms with Crippen LogP contribution in [-0.2, 0) is 9.59 Å². The molecule has 1 aliphatic rings. The highest BCUT2D eigenvalue weighted by Crippen LogP contribution is 2.22. The average Bonchev–Trinajstić information content (AvgIpc) is 3.19. The van der Waals surface area contributed by atoms with Crippen LogP contribution in [0.1, 0.15) is 18.5 Å². The van der Waals surface area contributed by atoms with Gasteiger partial charge in [0.25, 0.3) is 0 Å². The van der Waals surface area contributed by atoms with Gasteiger partial charge in [-0.05, 0) is 18.8 Å². The Bertz CT molecular complexity index is 808. The Hall–Kier alpha value is -3.48. The van der Waals surface area contributed by atoms with Crippen LogP contribution in [0, 0.1) is 17.2 Å². The van der Waals surface area contributed by atoms with Gasteiger partial charge in [-0.2, -0.15) is 5.26 Å². The molecule has 10 nitrogen and oxygen atoms in total. The first kappa shape index (κ1) is 17.3. The summed E-state index contributed by atoms with van der Waals surface area (Å²) in [5.74, 6) is -0.469. The summed E-state index contributed by atoms with van der Waals surface area (Å²) in [6.45, 7) is 1.82. The zero-order chi connectivity index (χ0) is 18.4. The van der Waals surface area contributed by atoms with E-state index < -0.39 is 11.8 Å². The normalized spacial score (nSPS) is 14.5. The number of amides is 2. The molecule has 0 radical (unpaired) electrons. The largest absolute Gasteiger partial charge is 0.363 e. The van der Waals surface area contributed by atoms with Gasteiger partial charge in [-0.25, -0.2) is 9.97 Å². The van der Waals surface area contributed by atoms with Crippen LogP contribution in [0.2, 0.25) is 0 Å². The van der Waals surface area contributed by atoms with Crippen molar-refractivity contribution in [2.24, 2.45) is 5.92 Å². The van der Waals surface area contributed by atoms with Crippen LogP contribution in [0.4, 0.5) is 11.6 Å². The molecule has 2 aromatic rings. The summed E-state index contributed by atoms with van der Waals surface area (Å²) in [6.07, 6.45) is 5.99. The van der Waals surface area contributed by atoms with Gasteiger partial charge in [-0.15, -0.1) is 0 Å². The Balaban J connectivity index is 1.45. The number of hydrogen-bond donors (Lipinski definition) is 2. The molecule has 26 heavy (non-hydrogen) atoms. The molecular weight excluding hydrogens is 338 g/mol. The van der Waals surface area contributed by atoms with Crippen LogP contribution in [-0.4, -0.2) is 46.6 Å². The Morgan fingerprint density at radius 1 is 1.27 bits per heavy atom. The number of carbonyl (C=O) groups excluding carboxylic acids is 2. The molecule has 2 amide bonds. The lowest BCUT2D eigenvalue weighted by Gasteiger charge is -2.32. The molecule has 0 saturated carbocycles. The number of rotatable bonds is 4. The molecule has 0 aliphatic carbocycles. The van der Waals surface area contributed by atoms with E-state index in [0.717, 1.165) is 12.8 Å². The maximum Gasteiger partial charge on any atom is 0.314 e. The molecule has 134 valence electrons. The molecule has 2 N–H and O–H groups in total. The Kier molecular flexibility index (Phi) is 5.38. The van der Waals surface area contributed by atoms with Crippen molar-refractivity contribution < 1.29 is 14.1 Å². The third-order valence-corrected chi connectivity index (χ3v) is 4.14. The fourth-order valence-electron chi connectivity index (χ4n) is 2.76. The summed E-state index contributed by atoms with van der Waals surface area (Å²) in [4.78, 5) is 33.8. The minimum Gasteiger partial charge on any atom is -0.363 e. The zero-order valence-electron chi connectivity index (χ0n) is 13.9. The average molecular weight is 355 g/mol. The zero-order valence-corrected chi connectivity index (χ0v) is 13.9. The van der Waals surface area contributed by atoms with Gasteiger partial charge >= 0.3 is 11.8 Å². The van der Waals surface area contributed by atoms with Crippen LogP contribution in [0.25, 0.3) is 0 Å². The lowest BCUT2D eigenvalue weighted by molar-refractivity contribution is -0.136. The first-order valence-electron chi connectivity index (χ1n) is 8.13. The Morgan fingerprint density at radius 2 is 2.04 bits per heavy atom. The third-order valence-electron chi connectivity index (χ3n) is 4.14. The van der Waals surface area contributed by atoms with Crippen molar-refractivity contribution in [3.63, 3.8) is 0 Å². The van der Waals surface area contributed by atoms with Crippen molar-refractivity contribution in [3.8, 4) is 6.07 Å². The van der Waals surface area contributed by atoms with E-state index in [0.29, 0.717) is 31.1 Å². The van der Waals surface area contributed by atoms with E-state index >= 15 is 0 Å². The van der Waals surface area contributed by atoms with Gasteiger partial charge in [0, 0.05) is 38.1 Å². The van der Waals surface area contributed by atoms with Crippen molar-refractivity contribution >= 4 is 23.5 Å². The highest BCUT2D eigenvalue weighted by molar-refractivity contribution is 6.39. The number of nitrogens with zero attached hydrogens (tertiary/aromatic N) is 5. The monoisotopic (exact) mass is 355 g/mol. The van der Waals surface area contributed by atoms with Gasteiger partial charge in [0.15, 0.2) is 17.3 Å². The van der Waals surface area contributed by atoms with E-state index in [1.54, 1.807) is 6.20 Å². The van der Waals surface area contributed by atoms with Gasteiger partial charge < -0.3 is 14.7 Å². The quantitative estimate of drug-likeness (QED) is 0.747. The maximum absolute atomic E-state index is 11.8. The fraction of sp³-hybridized carbons (Fsp3) is 0.375. The lowest BCUT2D eigenvalue weighted by atomic mass is 9.96. The van der Waals surface area contributed by atoms with Crippen LogP contribution in [0.3, 0.4) is 0 Å². The molecule has 10 heteroatoms. The van der Waals surface area contributed by atoms with Crippen molar-refractivity contribution in [1.82, 2.24) is 20.4 Å². The fourth-order valence-corrected chi connectivity index (χ4v) is 2.76. The molecule has 0 spiro atoms. The molecule has 2 aromatic heterocycles. The summed E-state index contributed by atoms with van der Waals surface area (Å²) in [5.41, 5.74) is 0.309. The number of hydrogen-bond acceptors (Lipinski definition) is 8. The minimum atomic E-state index is -0.783. The number of carbonyl (C=O) groups is 2. The van der Waals surface area contributed by atoms with Gasteiger partial charge in [-0.1, -0.05) is 5.16 Å². The molecule has 3 rings (SSSR count). The minimum absolute atomic E-state index is 0.190. The predicted octanol–water partition coefficient (Wildman–Crippen LogP) is 0.308. The second kappa shape index (κ2) is 8.06. The number of piperidine rings is 1. The second-order valence-electron chi connectivity index (χ2n) is 5.82. The molecule has 0 bridgehead atoms. The van der Waals surface area contributed by atoms with E-state index in [1.807, 2.05) is 11.0 Å². The van der Waals surface area contributed by atoms with Crippen molar-refractivity contribution in [1.29, 1.82) is 5.26 Å². The SMILES string of the molecule is N#Cc1nccnc1N1CCC(CNC(=O)C(=O)Nc2ccon2)CC1. The summed E-state index contributed by atoms with van der Waals surface area (Å²) in [5, 5.41) is 17.6. The van der Waals surface area contributed by atoms with Crippen molar-refractivity contribution in [2.75, 3.05) is 29.9 Å². The molecule has 3 heterocycles.